The fraction of sp³-hybridized carbons (Fsp3) is 0.900. The van der Waals surface area contributed by atoms with Crippen molar-refractivity contribution in [2.75, 3.05) is 19.6 Å². The summed E-state index contributed by atoms with van der Waals surface area (Å²) >= 11 is 0. The summed E-state index contributed by atoms with van der Waals surface area (Å²) in [5.41, 5.74) is 8.75. The first-order valence-electron chi connectivity index (χ1n) is 5.25. The second-order valence-corrected chi connectivity index (χ2v) is 3.33. The third-order valence-electron chi connectivity index (χ3n) is 2.20. The van der Waals surface area contributed by atoms with Gasteiger partial charge in [-0.2, -0.15) is 0 Å². The SMILES string of the molecule is [CH2]CCCC(C)N(CC)NCCN. The van der Waals surface area contributed by atoms with Gasteiger partial charge in [0.05, 0.1) is 0 Å². The van der Waals surface area contributed by atoms with E-state index >= 15 is 0 Å². The molecule has 3 heteroatoms. The lowest BCUT2D eigenvalue weighted by atomic mass is 10.1. The maximum Gasteiger partial charge on any atom is 0.0225 e. The number of rotatable bonds is 8. The van der Waals surface area contributed by atoms with Gasteiger partial charge in [-0.1, -0.05) is 26.7 Å². The van der Waals surface area contributed by atoms with Crippen molar-refractivity contribution in [1.82, 2.24) is 10.4 Å². The van der Waals surface area contributed by atoms with E-state index in [1.54, 1.807) is 0 Å². The summed E-state index contributed by atoms with van der Waals surface area (Å²) in [6.45, 7) is 10.8. The molecule has 0 bridgehead atoms. The molecule has 0 amide bonds. The molecule has 0 aromatic heterocycles. The predicted octanol–water partition coefficient (Wildman–Crippen LogP) is 1.16. The van der Waals surface area contributed by atoms with E-state index in [-0.39, 0.29) is 0 Å². The highest BCUT2D eigenvalue weighted by atomic mass is 15.5. The van der Waals surface area contributed by atoms with Gasteiger partial charge in [-0.05, 0) is 13.3 Å². The fourth-order valence-corrected chi connectivity index (χ4v) is 1.38. The molecule has 3 nitrogen and oxygen atoms in total. The number of unbranched alkanes of at least 4 members (excludes halogenated alkanes) is 1. The Labute approximate surface area is 82.6 Å². The maximum atomic E-state index is 5.43. The second kappa shape index (κ2) is 8.48. The van der Waals surface area contributed by atoms with Gasteiger partial charge in [-0.15, -0.1) is 0 Å². The first-order chi connectivity index (χ1) is 6.26. The first-order valence-corrected chi connectivity index (χ1v) is 5.25. The van der Waals surface area contributed by atoms with Crippen LogP contribution in [0.2, 0.25) is 0 Å². The summed E-state index contributed by atoms with van der Waals surface area (Å²) < 4.78 is 0. The standard InChI is InChI=1S/C10H24N3/c1-4-6-7-10(3)13(5-2)12-9-8-11/h10,12H,1,4-9,11H2,2-3H3. The highest BCUT2D eigenvalue weighted by Crippen LogP contribution is 2.05. The van der Waals surface area contributed by atoms with Crippen LogP contribution in [0.4, 0.5) is 0 Å². The van der Waals surface area contributed by atoms with Crippen molar-refractivity contribution >= 4 is 0 Å². The molecule has 0 aliphatic rings. The molecule has 3 N–H and O–H groups in total. The molecular formula is C10H24N3. The van der Waals surface area contributed by atoms with Crippen LogP contribution in [0.15, 0.2) is 0 Å². The lowest BCUT2D eigenvalue weighted by Gasteiger charge is -2.28. The molecule has 0 saturated heterocycles. The largest absolute Gasteiger partial charge is 0.329 e. The smallest absolute Gasteiger partial charge is 0.0225 e. The van der Waals surface area contributed by atoms with E-state index in [2.05, 4.69) is 31.2 Å². The third-order valence-corrected chi connectivity index (χ3v) is 2.20. The van der Waals surface area contributed by atoms with E-state index in [1.807, 2.05) is 0 Å². The van der Waals surface area contributed by atoms with Crippen molar-refractivity contribution in [1.29, 1.82) is 0 Å². The van der Waals surface area contributed by atoms with Crippen molar-refractivity contribution in [2.24, 2.45) is 5.73 Å². The van der Waals surface area contributed by atoms with Gasteiger partial charge in [0, 0.05) is 25.7 Å². The van der Waals surface area contributed by atoms with Crippen LogP contribution >= 0.6 is 0 Å². The van der Waals surface area contributed by atoms with Crippen LogP contribution in [0.3, 0.4) is 0 Å². The van der Waals surface area contributed by atoms with Crippen LogP contribution in [0.1, 0.15) is 33.1 Å². The zero-order valence-electron chi connectivity index (χ0n) is 9.05. The Kier molecular flexibility index (Phi) is 8.40. The van der Waals surface area contributed by atoms with Gasteiger partial charge in [0.1, 0.15) is 0 Å². The Bertz CT molecular complexity index is 106. The summed E-state index contributed by atoms with van der Waals surface area (Å²) in [6, 6.07) is 0.582. The number of hydrazine groups is 1. The van der Waals surface area contributed by atoms with Crippen LogP contribution < -0.4 is 11.2 Å². The molecule has 0 aliphatic carbocycles. The van der Waals surface area contributed by atoms with E-state index in [0.717, 1.165) is 19.5 Å². The average Bonchev–Trinajstić information content (AvgIpc) is 2.16. The molecule has 0 saturated carbocycles. The molecule has 1 atom stereocenters. The van der Waals surface area contributed by atoms with E-state index in [1.165, 1.54) is 12.8 Å². The Morgan fingerprint density at radius 1 is 1.54 bits per heavy atom. The van der Waals surface area contributed by atoms with Gasteiger partial charge in [0.2, 0.25) is 0 Å². The number of nitrogens with two attached hydrogens (primary N) is 1. The van der Waals surface area contributed by atoms with Gasteiger partial charge in [0.25, 0.3) is 0 Å². The number of nitrogens with one attached hydrogen (secondary N) is 1. The highest BCUT2D eigenvalue weighted by molar-refractivity contribution is 4.63. The van der Waals surface area contributed by atoms with E-state index < -0.39 is 0 Å². The lowest BCUT2D eigenvalue weighted by molar-refractivity contribution is 0.136. The fourth-order valence-electron chi connectivity index (χ4n) is 1.38. The molecule has 1 radical (unpaired) electrons. The molecule has 0 rings (SSSR count). The summed E-state index contributed by atoms with van der Waals surface area (Å²) in [7, 11) is 0. The first kappa shape index (κ1) is 12.9. The maximum absolute atomic E-state index is 5.43. The van der Waals surface area contributed by atoms with Crippen LogP contribution in [0.5, 0.6) is 0 Å². The molecule has 1 unspecified atom stereocenters. The minimum absolute atomic E-state index is 0.582. The molecule has 0 fully saturated rings. The number of hydrogen-bond acceptors (Lipinski definition) is 3. The quantitative estimate of drug-likeness (QED) is 0.559. The summed E-state index contributed by atoms with van der Waals surface area (Å²) in [5, 5.41) is 2.25. The Hall–Kier alpha value is -0.120. The van der Waals surface area contributed by atoms with Crippen molar-refractivity contribution in [3.05, 3.63) is 6.92 Å². The lowest BCUT2D eigenvalue weighted by Crippen LogP contribution is -2.46. The van der Waals surface area contributed by atoms with Gasteiger partial charge in [0.15, 0.2) is 0 Å². The number of nitrogens with zero attached hydrogens (tertiary/aromatic N) is 1. The van der Waals surface area contributed by atoms with Crippen LogP contribution in [-0.4, -0.2) is 30.7 Å². The molecule has 0 heterocycles. The van der Waals surface area contributed by atoms with Crippen LogP contribution in [-0.2, 0) is 0 Å². The van der Waals surface area contributed by atoms with Crippen LogP contribution in [0, 0.1) is 6.92 Å². The van der Waals surface area contributed by atoms with Crippen molar-refractivity contribution in [3.8, 4) is 0 Å². The second-order valence-electron chi connectivity index (χ2n) is 3.33. The molecule has 0 aromatic carbocycles. The molecular weight excluding hydrogens is 162 g/mol. The van der Waals surface area contributed by atoms with Gasteiger partial charge in [-0.25, -0.2) is 5.01 Å². The molecule has 0 aromatic rings. The topological polar surface area (TPSA) is 41.3 Å². The molecule has 0 aliphatic heterocycles. The summed E-state index contributed by atoms with van der Waals surface area (Å²) in [6.07, 6.45) is 3.43. The van der Waals surface area contributed by atoms with Crippen molar-refractivity contribution in [2.45, 2.75) is 39.2 Å². The monoisotopic (exact) mass is 186 g/mol. The van der Waals surface area contributed by atoms with E-state index in [9.17, 15) is 0 Å². The molecule has 0 spiro atoms. The van der Waals surface area contributed by atoms with Crippen molar-refractivity contribution < 1.29 is 0 Å². The van der Waals surface area contributed by atoms with E-state index in [4.69, 9.17) is 5.73 Å². The highest BCUT2D eigenvalue weighted by Gasteiger charge is 2.09. The van der Waals surface area contributed by atoms with Crippen LogP contribution in [0.25, 0.3) is 0 Å². The van der Waals surface area contributed by atoms with Gasteiger partial charge in [-0.3, -0.25) is 5.43 Å². The molecule has 13 heavy (non-hydrogen) atoms. The third kappa shape index (κ3) is 6.02. The van der Waals surface area contributed by atoms with Gasteiger partial charge < -0.3 is 5.73 Å². The Morgan fingerprint density at radius 2 is 2.23 bits per heavy atom. The zero-order valence-corrected chi connectivity index (χ0v) is 9.05. The minimum atomic E-state index is 0.582. The zero-order chi connectivity index (χ0) is 10.1. The Morgan fingerprint density at radius 3 is 2.69 bits per heavy atom. The predicted molar refractivity (Wildman–Crippen MR) is 58.1 cm³/mol. The normalized spacial score (nSPS) is 13.6. The summed E-state index contributed by atoms with van der Waals surface area (Å²) in [4.78, 5) is 0. The molecule has 79 valence electrons. The summed E-state index contributed by atoms with van der Waals surface area (Å²) in [5.74, 6) is 0. The Balaban J connectivity index is 3.63. The number of hydrogen-bond donors (Lipinski definition) is 2. The van der Waals surface area contributed by atoms with E-state index in [0.29, 0.717) is 12.6 Å². The van der Waals surface area contributed by atoms with Crippen molar-refractivity contribution in [3.63, 3.8) is 0 Å². The minimum Gasteiger partial charge on any atom is -0.329 e. The van der Waals surface area contributed by atoms with Gasteiger partial charge >= 0.3 is 0 Å². The average molecular weight is 186 g/mol.